The number of rotatable bonds is 3. The summed E-state index contributed by atoms with van der Waals surface area (Å²) in [5.41, 5.74) is 3.46. The Labute approximate surface area is 147 Å². The first-order chi connectivity index (χ1) is 12.1. The lowest BCUT2D eigenvalue weighted by Crippen LogP contribution is -2.28. The molecule has 0 fully saturated rings. The zero-order valence-corrected chi connectivity index (χ0v) is 14.2. The van der Waals surface area contributed by atoms with Gasteiger partial charge in [-0.1, -0.05) is 60.2 Å². The molecule has 1 heterocycles. The van der Waals surface area contributed by atoms with Crippen molar-refractivity contribution in [2.24, 2.45) is 0 Å². The highest BCUT2D eigenvalue weighted by atomic mass is 16.5. The fourth-order valence-electron chi connectivity index (χ4n) is 3.76. The third kappa shape index (κ3) is 2.80. The van der Waals surface area contributed by atoms with E-state index in [1.807, 2.05) is 49.4 Å². The molecule has 0 bridgehead atoms. The van der Waals surface area contributed by atoms with E-state index < -0.39 is 6.10 Å². The zero-order valence-electron chi connectivity index (χ0n) is 14.2. The minimum absolute atomic E-state index is 0.0617. The molecule has 0 amide bonds. The van der Waals surface area contributed by atoms with Crippen molar-refractivity contribution >= 4 is 11.6 Å². The Kier molecular flexibility index (Phi) is 4.00. The van der Waals surface area contributed by atoms with Gasteiger partial charge in [-0.3, -0.25) is 9.59 Å². The number of hydrogen-bond donors (Lipinski definition) is 0. The number of Topliss-reactive ketones (excluding diaryl/α,β-unsaturated/α-hetero) is 2. The molecule has 126 valence electrons. The van der Waals surface area contributed by atoms with E-state index >= 15 is 0 Å². The van der Waals surface area contributed by atoms with E-state index in [9.17, 15) is 9.59 Å². The van der Waals surface area contributed by atoms with Crippen LogP contribution in [0.1, 0.15) is 46.7 Å². The van der Waals surface area contributed by atoms with E-state index in [0.717, 1.165) is 29.7 Å². The fourth-order valence-corrected chi connectivity index (χ4v) is 3.76. The molecule has 2 aromatic carbocycles. The maximum atomic E-state index is 13.1. The lowest BCUT2D eigenvalue weighted by Gasteiger charge is -2.20. The van der Waals surface area contributed by atoms with Gasteiger partial charge in [-0.05, 0) is 18.9 Å². The largest absolute Gasteiger partial charge is 0.485 e. The molecule has 0 unspecified atom stereocenters. The SMILES string of the molecule is Cc1ccc([C@H]2C3=C(CCCC3=O)O[C@@H]2C(=O)c2ccccc2)cc1. The number of ether oxygens (including phenoxy) is 1. The van der Waals surface area contributed by atoms with Gasteiger partial charge < -0.3 is 4.74 Å². The normalized spacial score (nSPS) is 22.5. The van der Waals surface area contributed by atoms with Crippen molar-refractivity contribution in [2.75, 3.05) is 0 Å². The number of benzene rings is 2. The van der Waals surface area contributed by atoms with Crippen LogP contribution in [0.3, 0.4) is 0 Å². The van der Waals surface area contributed by atoms with Crippen molar-refractivity contribution in [3.05, 3.63) is 82.6 Å². The summed E-state index contributed by atoms with van der Waals surface area (Å²) in [6, 6.07) is 17.2. The van der Waals surface area contributed by atoms with Gasteiger partial charge in [0.1, 0.15) is 5.76 Å². The number of ketones is 2. The summed E-state index contributed by atoms with van der Waals surface area (Å²) < 4.78 is 6.06. The number of hydrogen-bond acceptors (Lipinski definition) is 3. The third-order valence-electron chi connectivity index (χ3n) is 5.04. The molecule has 25 heavy (non-hydrogen) atoms. The Hall–Kier alpha value is -2.68. The summed E-state index contributed by atoms with van der Waals surface area (Å²) in [6.07, 6.45) is 1.42. The molecule has 3 nitrogen and oxygen atoms in total. The summed E-state index contributed by atoms with van der Waals surface area (Å²) in [4.78, 5) is 25.7. The van der Waals surface area contributed by atoms with Gasteiger partial charge in [-0.15, -0.1) is 0 Å². The maximum absolute atomic E-state index is 13.1. The van der Waals surface area contributed by atoms with Crippen molar-refractivity contribution < 1.29 is 14.3 Å². The van der Waals surface area contributed by atoms with E-state index in [4.69, 9.17) is 4.74 Å². The summed E-state index contributed by atoms with van der Waals surface area (Å²) >= 11 is 0. The first-order valence-corrected chi connectivity index (χ1v) is 8.74. The van der Waals surface area contributed by atoms with Crippen LogP contribution >= 0.6 is 0 Å². The van der Waals surface area contributed by atoms with Crippen molar-refractivity contribution in [2.45, 2.75) is 38.2 Å². The highest BCUT2D eigenvalue weighted by Gasteiger charge is 2.45. The predicted octanol–water partition coefficient (Wildman–Crippen LogP) is 4.37. The van der Waals surface area contributed by atoms with Crippen molar-refractivity contribution in [1.29, 1.82) is 0 Å². The van der Waals surface area contributed by atoms with Gasteiger partial charge in [0.2, 0.25) is 5.78 Å². The van der Waals surface area contributed by atoms with Crippen LogP contribution < -0.4 is 0 Å². The highest BCUT2D eigenvalue weighted by Crippen LogP contribution is 2.45. The zero-order chi connectivity index (χ0) is 17.4. The first kappa shape index (κ1) is 15.8. The molecule has 0 saturated heterocycles. The molecule has 2 atom stereocenters. The van der Waals surface area contributed by atoms with Crippen molar-refractivity contribution in [3.8, 4) is 0 Å². The lowest BCUT2D eigenvalue weighted by atomic mass is 9.80. The summed E-state index contributed by atoms with van der Waals surface area (Å²) in [6.45, 7) is 2.03. The Morgan fingerprint density at radius 2 is 1.72 bits per heavy atom. The summed E-state index contributed by atoms with van der Waals surface area (Å²) in [7, 11) is 0. The van der Waals surface area contributed by atoms with Gasteiger partial charge >= 0.3 is 0 Å². The van der Waals surface area contributed by atoms with Crippen molar-refractivity contribution in [3.63, 3.8) is 0 Å². The van der Waals surface area contributed by atoms with E-state index in [-0.39, 0.29) is 17.5 Å². The summed E-state index contributed by atoms with van der Waals surface area (Å²) in [5, 5.41) is 0. The Bertz CT molecular complexity index is 847. The maximum Gasteiger partial charge on any atom is 0.204 e. The number of allylic oxidation sites excluding steroid dienone is 1. The smallest absolute Gasteiger partial charge is 0.204 e. The van der Waals surface area contributed by atoms with Crippen LogP contribution in [-0.4, -0.2) is 17.7 Å². The van der Waals surface area contributed by atoms with Gasteiger partial charge in [-0.2, -0.15) is 0 Å². The molecule has 3 heteroatoms. The molecule has 2 aromatic rings. The van der Waals surface area contributed by atoms with Crippen LogP contribution in [0, 0.1) is 6.92 Å². The standard InChI is InChI=1S/C22H20O3/c1-14-10-12-15(13-11-14)19-20-17(23)8-5-9-18(20)25-22(19)21(24)16-6-3-2-4-7-16/h2-4,6-7,10-13,19,22H,5,8-9H2,1H3/t19-,22-/m0/s1. The van der Waals surface area contributed by atoms with Crippen LogP contribution in [0.2, 0.25) is 0 Å². The second kappa shape index (κ2) is 6.32. The van der Waals surface area contributed by atoms with E-state index in [1.165, 1.54) is 0 Å². The molecule has 0 spiro atoms. The third-order valence-corrected chi connectivity index (χ3v) is 5.04. The van der Waals surface area contributed by atoms with Gasteiger partial charge in [0.15, 0.2) is 11.9 Å². The van der Waals surface area contributed by atoms with E-state index in [0.29, 0.717) is 17.6 Å². The van der Waals surface area contributed by atoms with Crippen molar-refractivity contribution in [1.82, 2.24) is 0 Å². The molecule has 0 N–H and O–H groups in total. The number of aryl methyl sites for hydroxylation is 1. The lowest BCUT2D eigenvalue weighted by molar-refractivity contribution is -0.116. The van der Waals surface area contributed by atoms with Crippen LogP contribution in [0.4, 0.5) is 0 Å². The second-order valence-corrected chi connectivity index (χ2v) is 6.77. The van der Waals surface area contributed by atoms with Crippen LogP contribution in [0.5, 0.6) is 0 Å². The highest BCUT2D eigenvalue weighted by molar-refractivity contribution is 6.05. The predicted molar refractivity (Wildman–Crippen MR) is 95.4 cm³/mol. The van der Waals surface area contributed by atoms with E-state index in [1.54, 1.807) is 12.1 Å². The van der Waals surface area contributed by atoms with Gasteiger partial charge in [0, 0.05) is 24.0 Å². The molecule has 1 aliphatic carbocycles. The quantitative estimate of drug-likeness (QED) is 0.784. The molecule has 2 aliphatic rings. The Balaban J connectivity index is 1.77. The Morgan fingerprint density at radius 3 is 2.44 bits per heavy atom. The molecule has 1 aliphatic heterocycles. The average Bonchev–Trinajstić information content (AvgIpc) is 3.03. The topological polar surface area (TPSA) is 43.4 Å². The minimum Gasteiger partial charge on any atom is -0.485 e. The molecule has 0 radical (unpaired) electrons. The molecule has 0 saturated carbocycles. The van der Waals surface area contributed by atoms with Crippen LogP contribution in [0.25, 0.3) is 0 Å². The van der Waals surface area contributed by atoms with Crippen LogP contribution in [-0.2, 0) is 9.53 Å². The van der Waals surface area contributed by atoms with Gasteiger partial charge in [0.05, 0.1) is 5.92 Å². The number of carbonyl (C=O) groups is 2. The first-order valence-electron chi connectivity index (χ1n) is 8.74. The fraction of sp³-hybridized carbons (Fsp3) is 0.273. The molecule has 4 rings (SSSR count). The molecular formula is C22H20O3. The summed E-state index contributed by atoms with van der Waals surface area (Å²) in [5.74, 6) is 0.468. The second-order valence-electron chi connectivity index (χ2n) is 6.77. The molecular weight excluding hydrogens is 312 g/mol. The average molecular weight is 332 g/mol. The number of carbonyl (C=O) groups excluding carboxylic acids is 2. The Morgan fingerprint density at radius 1 is 1.00 bits per heavy atom. The van der Waals surface area contributed by atoms with Gasteiger partial charge in [0.25, 0.3) is 0 Å². The van der Waals surface area contributed by atoms with Crippen LogP contribution in [0.15, 0.2) is 65.9 Å². The minimum atomic E-state index is -0.655. The van der Waals surface area contributed by atoms with E-state index in [2.05, 4.69) is 0 Å². The molecule has 0 aromatic heterocycles. The van der Waals surface area contributed by atoms with Gasteiger partial charge in [-0.25, -0.2) is 0 Å². The monoisotopic (exact) mass is 332 g/mol.